The van der Waals surface area contributed by atoms with E-state index in [1.54, 1.807) is 27.0 Å². The lowest BCUT2D eigenvalue weighted by Gasteiger charge is -2.30. The molecular weight excluding hydrogens is 442 g/mol. The number of hydrogen-bond acceptors (Lipinski definition) is 6. The van der Waals surface area contributed by atoms with Crippen molar-refractivity contribution >= 4 is 15.9 Å². The van der Waals surface area contributed by atoms with Gasteiger partial charge in [-0.25, -0.2) is 13.1 Å². The summed E-state index contributed by atoms with van der Waals surface area (Å²) in [5, 5.41) is 2.96. The Morgan fingerprint density at radius 1 is 1.03 bits per heavy atom. The lowest BCUT2D eigenvalue weighted by molar-refractivity contribution is 0.0934. The predicted octanol–water partition coefficient (Wildman–Crippen LogP) is 3.20. The predicted molar refractivity (Wildman–Crippen MR) is 129 cm³/mol. The van der Waals surface area contributed by atoms with Gasteiger partial charge in [0.1, 0.15) is 16.4 Å². The lowest BCUT2D eigenvalue weighted by atomic mass is 10.0. The van der Waals surface area contributed by atoms with Crippen LogP contribution in [0.5, 0.6) is 11.5 Å². The topological polar surface area (TPSA) is 97.0 Å². The summed E-state index contributed by atoms with van der Waals surface area (Å²) in [6.45, 7) is 9.56. The molecule has 0 spiro atoms. The van der Waals surface area contributed by atoms with Crippen LogP contribution in [-0.4, -0.2) is 59.1 Å². The maximum atomic E-state index is 13.0. The number of carbonyl (C=O) groups is 1. The van der Waals surface area contributed by atoms with Crippen molar-refractivity contribution in [3.63, 3.8) is 0 Å². The van der Waals surface area contributed by atoms with Gasteiger partial charge in [0.15, 0.2) is 0 Å². The van der Waals surface area contributed by atoms with E-state index in [0.29, 0.717) is 6.54 Å². The van der Waals surface area contributed by atoms with Gasteiger partial charge in [0, 0.05) is 18.2 Å². The molecule has 2 aromatic carbocycles. The van der Waals surface area contributed by atoms with Gasteiger partial charge in [-0.15, -0.1) is 0 Å². The minimum Gasteiger partial charge on any atom is -0.497 e. The van der Waals surface area contributed by atoms with Gasteiger partial charge >= 0.3 is 0 Å². The Morgan fingerprint density at radius 3 is 2.30 bits per heavy atom. The molecule has 0 aliphatic carbocycles. The fraction of sp³-hybridized carbons (Fsp3) is 0.458. The zero-order chi connectivity index (χ0) is 24.6. The summed E-state index contributed by atoms with van der Waals surface area (Å²) in [4.78, 5) is 15.2. The molecule has 0 radical (unpaired) electrons. The van der Waals surface area contributed by atoms with E-state index in [9.17, 15) is 13.2 Å². The first-order valence-corrected chi connectivity index (χ1v) is 12.5. The van der Waals surface area contributed by atoms with Gasteiger partial charge in [-0.2, -0.15) is 0 Å². The summed E-state index contributed by atoms with van der Waals surface area (Å²) in [5.74, 6) is 0.564. The van der Waals surface area contributed by atoms with E-state index in [2.05, 4.69) is 28.8 Å². The third-order valence-corrected chi connectivity index (χ3v) is 6.97. The van der Waals surface area contributed by atoms with Crippen molar-refractivity contribution in [2.24, 2.45) is 0 Å². The van der Waals surface area contributed by atoms with Gasteiger partial charge in [0.2, 0.25) is 10.0 Å². The highest BCUT2D eigenvalue weighted by atomic mass is 32.2. The number of amides is 1. The van der Waals surface area contributed by atoms with Crippen LogP contribution in [0.3, 0.4) is 0 Å². The van der Waals surface area contributed by atoms with E-state index < -0.39 is 10.0 Å². The second-order valence-corrected chi connectivity index (χ2v) is 9.55. The van der Waals surface area contributed by atoms with Gasteiger partial charge in [0.25, 0.3) is 5.91 Å². The number of rotatable bonds is 12. The molecule has 182 valence electrons. The summed E-state index contributed by atoms with van der Waals surface area (Å²) < 4.78 is 38.6. The summed E-state index contributed by atoms with van der Waals surface area (Å²) in [6.07, 6.45) is 0. The minimum atomic E-state index is -3.84. The number of hydrogen-bond donors (Lipinski definition) is 2. The van der Waals surface area contributed by atoms with Crippen molar-refractivity contribution in [2.45, 2.75) is 44.7 Å². The van der Waals surface area contributed by atoms with E-state index in [-0.39, 0.29) is 34.2 Å². The van der Waals surface area contributed by atoms with E-state index in [4.69, 9.17) is 9.47 Å². The minimum absolute atomic E-state index is 0.0666. The second-order valence-electron chi connectivity index (χ2n) is 7.87. The molecule has 8 nitrogen and oxygen atoms in total. The van der Waals surface area contributed by atoms with Crippen molar-refractivity contribution in [2.75, 3.05) is 33.9 Å². The van der Waals surface area contributed by atoms with Crippen molar-refractivity contribution in [1.82, 2.24) is 14.9 Å². The third-order valence-electron chi connectivity index (χ3n) is 5.29. The summed E-state index contributed by atoms with van der Waals surface area (Å²) >= 11 is 0. The van der Waals surface area contributed by atoms with Gasteiger partial charge in [-0.1, -0.05) is 26.0 Å². The molecule has 0 bridgehead atoms. The number of ether oxygens (including phenoxy) is 2. The van der Waals surface area contributed by atoms with Crippen LogP contribution >= 0.6 is 0 Å². The Balaban J connectivity index is 2.30. The number of benzene rings is 2. The fourth-order valence-electron chi connectivity index (χ4n) is 3.66. The first-order valence-electron chi connectivity index (χ1n) is 11.0. The van der Waals surface area contributed by atoms with Crippen LogP contribution in [0.2, 0.25) is 0 Å². The normalized spacial score (nSPS) is 12.6. The number of nitrogens with one attached hydrogen (secondary N) is 2. The van der Waals surface area contributed by atoms with E-state index >= 15 is 0 Å². The third kappa shape index (κ3) is 6.93. The number of sulfonamides is 1. The summed E-state index contributed by atoms with van der Waals surface area (Å²) in [7, 11) is -0.822. The van der Waals surface area contributed by atoms with Crippen molar-refractivity contribution in [3.8, 4) is 11.5 Å². The maximum Gasteiger partial charge on any atom is 0.251 e. The number of carbonyl (C=O) groups excluding carboxylic acids is 1. The van der Waals surface area contributed by atoms with Crippen molar-refractivity contribution < 1.29 is 22.7 Å². The van der Waals surface area contributed by atoms with Crippen LogP contribution in [0.25, 0.3) is 0 Å². The second kappa shape index (κ2) is 12.0. The van der Waals surface area contributed by atoms with Crippen molar-refractivity contribution in [3.05, 3.63) is 53.6 Å². The highest BCUT2D eigenvalue weighted by Crippen LogP contribution is 2.26. The van der Waals surface area contributed by atoms with Crippen LogP contribution in [0.4, 0.5) is 0 Å². The molecule has 33 heavy (non-hydrogen) atoms. The largest absolute Gasteiger partial charge is 0.497 e. The molecule has 1 atom stereocenters. The van der Waals surface area contributed by atoms with Crippen LogP contribution < -0.4 is 19.5 Å². The molecule has 1 amide bonds. The zero-order valence-corrected chi connectivity index (χ0v) is 21.0. The molecule has 2 aromatic rings. The summed E-state index contributed by atoms with van der Waals surface area (Å²) in [6, 6.07) is 11.8. The first kappa shape index (κ1) is 26.6. The maximum absolute atomic E-state index is 13.0. The van der Waals surface area contributed by atoms with Crippen LogP contribution in [-0.2, 0) is 10.0 Å². The number of likely N-dealkylation sites (N-methyl/N-ethyl adjacent to an activating group) is 1. The smallest absolute Gasteiger partial charge is 0.251 e. The lowest BCUT2D eigenvalue weighted by Crippen LogP contribution is -2.38. The van der Waals surface area contributed by atoms with Crippen LogP contribution in [0.15, 0.2) is 47.4 Å². The van der Waals surface area contributed by atoms with Crippen LogP contribution in [0.1, 0.15) is 49.7 Å². The first-order chi connectivity index (χ1) is 15.7. The number of methoxy groups -OCH3 is 2. The quantitative estimate of drug-likeness (QED) is 0.487. The Bertz CT molecular complexity index is 1040. The monoisotopic (exact) mass is 477 g/mol. The molecule has 0 saturated heterocycles. The zero-order valence-electron chi connectivity index (χ0n) is 20.2. The molecular formula is C24H35N3O5S. The molecule has 1 unspecified atom stereocenters. The SMILES string of the molecule is CCN(CC)C(CNC(=O)c1ccc(OC)c(S(=O)(=O)NC(C)C)c1)c1cccc(OC)c1. The average molecular weight is 478 g/mol. The Kier molecular flexibility index (Phi) is 9.70. The molecule has 9 heteroatoms. The molecule has 0 aliphatic rings. The molecule has 0 aromatic heterocycles. The molecule has 2 N–H and O–H groups in total. The summed E-state index contributed by atoms with van der Waals surface area (Å²) in [5.41, 5.74) is 1.27. The van der Waals surface area contributed by atoms with Gasteiger partial charge < -0.3 is 14.8 Å². The molecule has 0 fully saturated rings. The average Bonchev–Trinajstić information content (AvgIpc) is 2.80. The molecule has 0 saturated carbocycles. The van der Waals surface area contributed by atoms with Gasteiger partial charge in [-0.05, 0) is 62.8 Å². The number of nitrogens with zero attached hydrogens (tertiary/aromatic N) is 1. The Hall–Kier alpha value is -2.62. The highest BCUT2D eigenvalue weighted by Gasteiger charge is 2.24. The van der Waals surface area contributed by atoms with E-state index in [1.807, 2.05) is 24.3 Å². The Morgan fingerprint density at radius 2 is 1.73 bits per heavy atom. The molecule has 2 rings (SSSR count). The van der Waals surface area contributed by atoms with Gasteiger partial charge in [-0.3, -0.25) is 9.69 Å². The highest BCUT2D eigenvalue weighted by molar-refractivity contribution is 7.89. The van der Waals surface area contributed by atoms with Gasteiger partial charge in [0.05, 0.1) is 20.3 Å². The molecule has 0 aliphatic heterocycles. The van der Waals surface area contributed by atoms with Crippen molar-refractivity contribution in [1.29, 1.82) is 0 Å². The standard InChI is InChI=1S/C24H35N3O5S/c1-7-27(8-2)21(18-10-9-11-20(14-18)31-5)16-25-24(28)19-12-13-22(32-6)23(15-19)33(29,30)26-17(3)4/h9-15,17,21,26H,7-8,16H2,1-6H3,(H,25,28). The van der Waals surface area contributed by atoms with E-state index in [0.717, 1.165) is 24.4 Å². The molecule has 0 heterocycles. The fourth-order valence-corrected chi connectivity index (χ4v) is 5.11. The van der Waals surface area contributed by atoms with E-state index in [1.165, 1.54) is 19.2 Å². The van der Waals surface area contributed by atoms with Crippen LogP contribution in [0, 0.1) is 0 Å². The Labute approximate surface area is 197 Å².